The maximum absolute atomic E-state index is 15.9. The highest BCUT2D eigenvalue weighted by Crippen LogP contribution is 2.58. The van der Waals surface area contributed by atoms with Crippen molar-refractivity contribution in [3.8, 4) is 0 Å². The summed E-state index contributed by atoms with van der Waals surface area (Å²) >= 11 is 0. The Balaban J connectivity index is 0.000000521. The molecule has 0 fully saturated rings. The number of rotatable bonds is 7. The first-order valence-corrected chi connectivity index (χ1v) is 14.7. The zero-order chi connectivity index (χ0) is 27.9. The van der Waals surface area contributed by atoms with Crippen LogP contribution in [0, 0.1) is 0 Å². The molecule has 0 unspecified atom stereocenters. The molecule has 0 radical (unpaired) electrons. The second-order valence-electron chi connectivity index (χ2n) is 8.68. The van der Waals surface area contributed by atoms with Gasteiger partial charge in [-0.05, 0) is 64.1 Å². The largest absolute Gasteiger partial charge is 0.741 e. The molecule has 0 aliphatic heterocycles. The van der Waals surface area contributed by atoms with Gasteiger partial charge in [0.15, 0.2) is 10.1 Å². The molecule has 3 rings (SSSR count). The molecule has 37 heavy (non-hydrogen) atoms. The summed E-state index contributed by atoms with van der Waals surface area (Å²) in [4.78, 5) is 1.86. The lowest BCUT2D eigenvalue weighted by molar-refractivity contribution is -0.0517. The third-order valence-electron chi connectivity index (χ3n) is 5.43. The molecule has 0 heterocycles. The Morgan fingerprint density at radius 2 is 1.03 bits per heavy atom. The summed E-state index contributed by atoms with van der Waals surface area (Å²) in [5.74, 6) is 1.76. The second-order valence-corrected chi connectivity index (χ2v) is 13.3. The fourth-order valence-corrected chi connectivity index (χ4v) is 7.70. The van der Waals surface area contributed by atoms with Gasteiger partial charge in [0, 0.05) is 12.1 Å². The van der Waals surface area contributed by atoms with Crippen LogP contribution in [0.4, 0.5) is 17.6 Å². The molecule has 0 N–H and O–H groups in total. The third-order valence-corrected chi connectivity index (χ3v) is 9.94. The predicted molar refractivity (Wildman–Crippen MR) is 142 cm³/mol. The summed E-state index contributed by atoms with van der Waals surface area (Å²) in [5.41, 5.74) is -5.65. The Morgan fingerprint density at radius 1 is 0.757 bits per heavy atom. The summed E-state index contributed by atoms with van der Waals surface area (Å²) in [6.45, 7) is 8.17. The number of alkyl halides is 3. The lowest BCUT2D eigenvalue weighted by Gasteiger charge is -2.32. The number of halogens is 4. The van der Waals surface area contributed by atoms with Crippen molar-refractivity contribution in [2.75, 3.05) is 0 Å². The molecule has 3 aromatic rings. The Kier molecular flexibility index (Phi) is 10.4. The molecular weight excluding hydrogens is 525 g/mol. The first-order valence-electron chi connectivity index (χ1n) is 11.5. The van der Waals surface area contributed by atoms with Gasteiger partial charge in [-0.2, -0.15) is 17.6 Å². The van der Waals surface area contributed by atoms with Crippen LogP contribution >= 0.6 is 7.26 Å². The Bertz CT molecular complexity index is 1150. The molecule has 0 atom stereocenters. The summed E-state index contributed by atoms with van der Waals surface area (Å²) < 4.78 is 74.8. The van der Waals surface area contributed by atoms with E-state index in [4.69, 9.17) is 13.0 Å². The van der Waals surface area contributed by atoms with Crippen LogP contribution in [0.5, 0.6) is 0 Å². The van der Waals surface area contributed by atoms with Gasteiger partial charge in [-0.15, -0.1) is 0 Å². The van der Waals surface area contributed by atoms with Crippen LogP contribution < -0.4 is 15.9 Å². The van der Waals surface area contributed by atoms with Gasteiger partial charge in [-0.1, -0.05) is 54.6 Å². The van der Waals surface area contributed by atoms with Gasteiger partial charge in [0.2, 0.25) is 5.95 Å². The van der Waals surface area contributed by atoms with E-state index in [1.54, 1.807) is 0 Å². The highest BCUT2D eigenvalue weighted by Gasteiger charge is 2.45. The monoisotopic (exact) mass is 555 g/mol. The van der Waals surface area contributed by atoms with Gasteiger partial charge in [-0.3, -0.25) is 0 Å². The van der Waals surface area contributed by atoms with Crippen LogP contribution in [0.1, 0.15) is 27.7 Å². The smallest absolute Gasteiger partial charge is 0.485 e. The first kappa shape index (κ1) is 30.5. The van der Waals surface area contributed by atoms with Crippen LogP contribution in [-0.2, 0) is 10.1 Å². The van der Waals surface area contributed by atoms with Crippen molar-refractivity contribution in [1.29, 1.82) is 0 Å². The number of nitrogens with zero attached hydrogens (tertiary/aromatic N) is 1. The Morgan fingerprint density at radius 3 is 1.24 bits per heavy atom. The molecule has 0 spiro atoms. The molecule has 0 aromatic heterocycles. The van der Waals surface area contributed by atoms with Gasteiger partial charge in [-0.25, -0.2) is 8.42 Å². The van der Waals surface area contributed by atoms with E-state index in [-0.39, 0.29) is 18.0 Å². The van der Waals surface area contributed by atoms with Gasteiger partial charge < -0.3 is 9.45 Å². The van der Waals surface area contributed by atoms with Crippen molar-refractivity contribution in [3.05, 3.63) is 103 Å². The minimum absolute atomic E-state index is 0.0791. The molecule has 10 heteroatoms. The standard InChI is InChI=1S/C26H30FNP.CHF3O3S/c1-21(2)28(22(3)4)26(27)20-29(23-14-8-5-9-15-23,24-16-10-6-11-17-24)25-18-12-7-13-19-25;2-1(3,4)8(5,6)7/h5-22H,1-4H3;(H,5,6,7)/q+1;/p-1/b26-20+;. The van der Waals surface area contributed by atoms with Gasteiger partial charge >= 0.3 is 5.51 Å². The zero-order valence-corrected chi connectivity index (χ0v) is 22.6. The third kappa shape index (κ3) is 7.63. The fraction of sp³-hybridized carbons (Fsp3) is 0.259. The fourth-order valence-electron chi connectivity index (χ4n) is 3.98. The van der Waals surface area contributed by atoms with Crippen molar-refractivity contribution in [3.63, 3.8) is 0 Å². The van der Waals surface area contributed by atoms with Gasteiger partial charge in [0.05, 0.1) is 0 Å². The average molecular weight is 556 g/mol. The molecular formula is C27H30F4NO3PS. The molecule has 0 aliphatic rings. The van der Waals surface area contributed by atoms with E-state index in [0.29, 0.717) is 0 Å². The van der Waals surface area contributed by atoms with Crippen molar-refractivity contribution in [1.82, 2.24) is 4.90 Å². The van der Waals surface area contributed by atoms with Crippen LogP contribution in [0.15, 0.2) is 103 Å². The summed E-state index contributed by atoms with van der Waals surface area (Å²) in [6.07, 6.45) is 0. The number of benzene rings is 3. The lowest BCUT2D eigenvalue weighted by Crippen LogP contribution is -2.36. The lowest BCUT2D eigenvalue weighted by atomic mass is 10.2. The number of hydrogen-bond acceptors (Lipinski definition) is 4. The van der Waals surface area contributed by atoms with Crippen molar-refractivity contribution >= 4 is 33.3 Å². The predicted octanol–water partition coefficient (Wildman–Crippen LogP) is 5.92. The minimum Gasteiger partial charge on any atom is -0.741 e. The van der Waals surface area contributed by atoms with E-state index < -0.39 is 22.9 Å². The minimum atomic E-state index is -6.09. The molecule has 0 amide bonds. The topological polar surface area (TPSA) is 60.4 Å². The van der Waals surface area contributed by atoms with E-state index in [1.807, 2.05) is 93.0 Å². The normalized spacial score (nSPS) is 12.8. The maximum Gasteiger partial charge on any atom is 0.485 e. The first-order chi connectivity index (χ1) is 17.2. The maximum atomic E-state index is 15.9. The van der Waals surface area contributed by atoms with Crippen molar-refractivity contribution in [2.24, 2.45) is 0 Å². The number of hydrogen-bond donors (Lipinski definition) is 0. The van der Waals surface area contributed by atoms with Crippen LogP contribution in [0.25, 0.3) is 0 Å². The summed E-state index contributed by atoms with van der Waals surface area (Å²) in [6, 6.07) is 31.3. The van der Waals surface area contributed by atoms with E-state index in [0.717, 1.165) is 15.9 Å². The molecule has 0 saturated heterocycles. The molecule has 200 valence electrons. The molecule has 4 nitrogen and oxygen atoms in total. The Hall–Kier alpha value is -2.74. The molecule has 3 aromatic carbocycles. The van der Waals surface area contributed by atoms with Crippen LogP contribution in [0.2, 0.25) is 0 Å². The van der Waals surface area contributed by atoms with E-state index in [9.17, 15) is 13.2 Å². The quantitative estimate of drug-likeness (QED) is 0.119. The molecule has 0 aliphatic carbocycles. The molecule has 0 saturated carbocycles. The molecule has 0 bridgehead atoms. The van der Waals surface area contributed by atoms with Crippen molar-refractivity contribution in [2.45, 2.75) is 45.3 Å². The zero-order valence-electron chi connectivity index (χ0n) is 20.9. The van der Waals surface area contributed by atoms with E-state index >= 15 is 4.39 Å². The van der Waals surface area contributed by atoms with Crippen molar-refractivity contribution < 1.29 is 30.5 Å². The highest BCUT2D eigenvalue weighted by molar-refractivity contribution is 7.98. The van der Waals surface area contributed by atoms with Crippen LogP contribution in [-0.4, -0.2) is 35.5 Å². The highest BCUT2D eigenvalue weighted by atomic mass is 32.2. The van der Waals surface area contributed by atoms with Gasteiger partial charge in [0.25, 0.3) is 0 Å². The summed E-state index contributed by atoms with van der Waals surface area (Å²) in [5, 5.41) is 3.46. The average Bonchev–Trinajstić information content (AvgIpc) is 2.83. The van der Waals surface area contributed by atoms with Crippen LogP contribution in [0.3, 0.4) is 0 Å². The Labute approximate surface area is 216 Å². The van der Waals surface area contributed by atoms with E-state index in [1.165, 1.54) is 0 Å². The summed E-state index contributed by atoms with van der Waals surface area (Å²) in [7, 11) is -8.41. The SMILES string of the molecule is CC(C)N(/C(F)=C/[P+](c1ccccc1)(c1ccccc1)c1ccccc1)C(C)C.O=S(=O)([O-])C(F)(F)F. The van der Waals surface area contributed by atoms with E-state index in [2.05, 4.69) is 36.4 Å². The second kappa shape index (κ2) is 12.7. The van der Waals surface area contributed by atoms with Gasteiger partial charge in [0.1, 0.15) is 29.0 Å².